The maximum absolute atomic E-state index is 10.9. The van der Waals surface area contributed by atoms with Gasteiger partial charge < -0.3 is 20.1 Å². The fraction of sp³-hybridized carbons (Fsp3) is 0.320. The van der Waals surface area contributed by atoms with Crippen LogP contribution in [0, 0.1) is 0 Å². The van der Waals surface area contributed by atoms with E-state index in [2.05, 4.69) is 66.7 Å². The molecule has 1 unspecified atom stereocenters. The summed E-state index contributed by atoms with van der Waals surface area (Å²) in [4.78, 5) is 13.1. The minimum atomic E-state index is -0.782. The number of nitrogens with one attached hydrogen (secondary N) is 1. The van der Waals surface area contributed by atoms with E-state index >= 15 is 0 Å². The Labute approximate surface area is 189 Å². The summed E-state index contributed by atoms with van der Waals surface area (Å²) in [5.41, 5.74) is 3.32. The van der Waals surface area contributed by atoms with Crippen molar-refractivity contribution >= 4 is 34.8 Å². The number of fused-ring (bicyclic) bond motifs is 2. The van der Waals surface area contributed by atoms with Crippen molar-refractivity contribution in [3.05, 3.63) is 71.8 Å². The Bertz CT molecular complexity index is 1050. The van der Waals surface area contributed by atoms with Crippen LogP contribution < -0.4 is 15.0 Å². The van der Waals surface area contributed by atoms with Crippen LogP contribution in [0.4, 0.5) is 5.69 Å². The largest absolute Gasteiger partial charge is 0.485 e. The molecule has 1 aliphatic rings. The van der Waals surface area contributed by atoms with Gasteiger partial charge in [0.1, 0.15) is 11.9 Å². The lowest BCUT2D eigenvalue weighted by atomic mass is 9.99. The molecule has 3 aromatic rings. The van der Waals surface area contributed by atoms with Crippen molar-refractivity contribution in [3.8, 4) is 5.75 Å². The normalized spacial score (nSPS) is 16.2. The predicted molar refractivity (Wildman–Crippen MR) is 128 cm³/mol. The number of carboxylic acids is 1. The van der Waals surface area contributed by atoms with Gasteiger partial charge in [-0.05, 0) is 47.4 Å². The molecule has 0 aliphatic carbocycles. The number of halogens is 1. The quantitative estimate of drug-likeness (QED) is 0.551. The lowest BCUT2D eigenvalue weighted by Crippen LogP contribution is -2.44. The minimum absolute atomic E-state index is 0. The molecule has 0 saturated heterocycles. The van der Waals surface area contributed by atoms with E-state index in [1.807, 2.05) is 18.2 Å². The van der Waals surface area contributed by atoms with Crippen LogP contribution >= 0.6 is 12.4 Å². The first-order valence-corrected chi connectivity index (χ1v) is 10.4. The van der Waals surface area contributed by atoms with Crippen molar-refractivity contribution in [1.82, 2.24) is 5.32 Å². The third-order valence-corrected chi connectivity index (χ3v) is 5.78. The number of hydrogen-bond acceptors (Lipinski definition) is 4. The highest BCUT2D eigenvalue weighted by atomic mass is 35.5. The van der Waals surface area contributed by atoms with Crippen LogP contribution in [-0.4, -0.2) is 37.3 Å². The molecule has 0 aromatic heterocycles. The summed E-state index contributed by atoms with van der Waals surface area (Å²) in [5, 5.41) is 15.1. The summed E-state index contributed by atoms with van der Waals surface area (Å²) >= 11 is 0. The molecular formula is C25H29ClN2O3. The van der Waals surface area contributed by atoms with Crippen LogP contribution in [0.5, 0.6) is 5.75 Å². The third-order valence-electron chi connectivity index (χ3n) is 5.78. The van der Waals surface area contributed by atoms with Crippen molar-refractivity contribution in [3.63, 3.8) is 0 Å². The molecule has 0 amide bonds. The molecule has 4 rings (SSSR count). The highest BCUT2D eigenvalue weighted by molar-refractivity contribution is 5.86. The molecule has 1 aliphatic heterocycles. The number of aliphatic carboxylic acids is 1. The van der Waals surface area contributed by atoms with Crippen LogP contribution in [0.15, 0.2) is 60.7 Å². The SMILES string of the molecule is C[C@@H](NCC1CN(C)c2ccc(CCC(=O)O)cc2O1)c1cccc2ccccc12.Cl. The molecule has 0 saturated carbocycles. The smallest absolute Gasteiger partial charge is 0.303 e. The fourth-order valence-electron chi connectivity index (χ4n) is 4.15. The van der Waals surface area contributed by atoms with E-state index in [4.69, 9.17) is 9.84 Å². The average molecular weight is 441 g/mol. The summed E-state index contributed by atoms with van der Waals surface area (Å²) in [6, 6.07) is 21.1. The Morgan fingerprint density at radius 1 is 1.19 bits per heavy atom. The van der Waals surface area contributed by atoms with Gasteiger partial charge in [-0.1, -0.05) is 48.5 Å². The zero-order valence-electron chi connectivity index (χ0n) is 17.9. The van der Waals surface area contributed by atoms with Crippen LogP contribution in [-0.2, 0) is 11.2 Å². The Balaban J connectivity index is 0.00000272. The Hall–Kier alpha value is -2.76. The Morgan fingerprint density at radius 3 is 2.77 bits per heavy atom. The number of nitrogens with zero attached hydrogens (tertiary/aromatic N) is 1. The summed E-state index contributed by atoms with van der Waals surface area (Å²) < 4.78 is 6.27. The maximum atomic E-state index is 10.9. The lowest BCUT2D eigenvalue weighted by Gasteiger charge is -2.35. The van der Waals surface area contributed by atoms with E-state index in [0.29, 0.717) is 6.42 Å². The van der Waals surface area contributed by atoms with Gasteiger partial charge in [0.2, 0.25) is 0 Å². The van der Waals surface area contributed by atoms with Crippen molar-refractivity contribution in [2.24, 2.45) is 0 Å². The number of ether oxygens (including phenoxy) is 1. The van der Waals surface area contributed by atoms with Gasteiger partial charge in [-0.15, -0.1) is 12.4 Å². The van der Waals surface area contributed by atoms with Gasteiger partial charge in [0.25, 0.3) is 0 Å². The van der Waals surface area contributed by atoms with E-state index in [0.717, 1.165) is 30.1 Å². The monoisotopic (exact) mass is 440 g/mol. The van der Waals surface area contributed by atoms with Gasteiger partial charge in [-0.2, -0.15) is 0 Å². The second-order valence-electron chi connectivity index (χ2n) is 8.01. The van der Waals surface area contributed by atoms with E-state index in [1.165, 1.54) is 16.3 Å². The molecule has 0 radical (unpaired) electrons. The second kappa shape index (κ2) is 10.0. The summed E-state index contributed by atoms with van der Waals surface area (Å²) in [6.45, 7) is 3.72. The third kappa shape index (κ3) is 5.30. The summed E-state index contributed by atoms with van der Waals surface area (Å²) in [6.07, 6.45) is 0.661. The molecule has 31 heavy (non-hydrogen) atoms. The molecule has 2 N–H and O–H groups in total. The van der Waals surface area contributed by atoms with Crippen LogP contribution in [0.1, 0.15) is 30.5 Å². The van der Waals surface area contributed by atoms with Crippen molar-refractivity contribution in [2.75, 3.05) is 25.0 Å². The first kappa shape index (κ1) is 22.9. The number of aryl methyl sites for hydroxylation is 1. The molecule has 6 heteroatoms. The molecule has 0 bridgehead atoms. The van der Waals surface area contributed by atoms with Gasteiger partial charge in [0, 0.05) is 26.1 Å². The molecule has 1 heterocycles. The summed E-state index contributed by atoms with van der Waals surface area (Å²) in [5.74, 6) is 0.0477. The average Bonchev–Trinajstić information content (AvgIpc) is 2.75. The highest BCUT2D eigenvalue weighted by Gasteiger charge is 2.24. The Morgan fingerprint density at radius 2 is 1.97 bits per heavy atom. The molecule has 164 valence electrons. The van der Waals surface area contributed by atoms with E-state index in [9.17, 15) is 4.79 Å². The van der Waals surface area contributed by atoms with E-state index < -0.39 is 5.97 Å². The van der Waals surface area contributed by atoms with Crippen LogP contribution in [0.2, 0.25) is 0 Å². The number of benzene rings is 3. The minimum Gasteiger partial charge on any atom is -0.485 e. The zero-order valence-corrected chi connectivity index (χ0v) is 18.7. The van der Waals surface area contributed by atoms with E-state index in [-0.39, 0.29) is 31.0 Å². The first-order valence-electron chi connectivity index (χ1n) is 10.4. The van der Waals surface area contributed by atoms with Gasteiger partial charge >= 0.3 is 5.97 Å². The van der Waals surface area contributed by atoms with Gasteiger partial charge in [0.05, 0.1) is 12.2 Å². The maximum Gasteiger partial charge on any atom is 0.303 e. The molecule has 0 spiro atoms. The molecule has 5 nitrogen and oxygen atoms in total. The highest BCUT2D eigenvalue weighted by Crippen LogP contribution is 2.34. The van der Waals surface area contributed by atoms with Crippen molar-refractivity contribution in [2.45, 2.75) is 31.9 Å². The lowest BCUT2D eigenvalue weighted by molar-refractivity contribution is -0.136. The van der Waals surface area contributed by atoms with Crippen LogP contribution in [0.25, 0.3) is 10.8 Å². The molecule has 3 aromatic carbocycles. The molecule has 2 atom stereocenters. The standard InChI is InChI=1S/C25H28N2O3.ClH/c1-17(21-9-5-7-19-6-3-4-8-22(19)21)26-15-20-16-27(2)23-12-10-18(11-13-25(28)29)14-24(23)30-20;/h3-10,12,14,17,20,26H,11,13,15-16H2,1-2H3,(H,28,29);1H/t17-,20?;/m1./s1. The number of likely N-dealkylation sites (N-methyl/N-ethyl adjacent to an activating group) is 1. The van der Waals surface area contributed by atoms with Crippen molar-refractivity contribution in [1.29, 1.82) is 0 Å². The number of rotatable bonds is 7. The van der Waals surface area contributed by atoms with Gasteiger partial charge in [-0.3, -0.25) is 4.79 Å². The van der Waals surface area contributed by atoms with Gasteiger partial charge in [-0.25, -0.2) is 0 Å². The zero-order chi connectivity index (χ0) is 21.1. The number of anilines is 1. The molecular weight excluding hydrogens is 412 g/mol. The number of carbonyl (C=O) groups is 1. The number of hydrogen-bond donors (Lipinski definition) is 2. The second-order valence-corrected chi connectivity index (χ2v) is 8.01. The topological polar surface area (TPSA) is 61.8 Å². The molecule has 0 fully saturated rings. The first-order chi connectivity index (χ1) is 14.5. The van der Waals surface area contributed by atoms with Crippen LogP contribution in [0.3, 0.4) is 0 Å². The predicted octanol–water partition coefficient (Wildman–Crippen LogP) is 4.83. The summed E-state index contributed by atoms with van der Waals surface area (Å²) in [7, 11) is 2.07. The van der Waals surface area contributed by atoms with E-state index in [1.54, 1.807) is 0 Å². The Kier molecular flexibility index (Phi) is 7.42. The number of carboxylic acid groups (broad SMARTS) is 1. The van der Waals surface area contributed by atoms with Crippen molar-refractivity contribution < 1.29 is 14.6 Å². The fourth-order valence-corrected chi connectivity index (χ4v) is 4.15. The van der Waals surface area contributed by atoms with Gasteiger partial charge in [0.15, 0.2) is 0 Å².